The van der Waals surface area contributed by atoms with E-state index >= 15 is 0 Å². The summed E-state index contributed by atoms with van der Waals surface area (Å²) in [6.07, 6.45) is 5.12. The van der Waals surface area contributed by atoms with Gasteiger partial charge in [-0.25, -0.2) is 9.97 Å². The smallest absolute Gasteiger partial charge is 0.235 e. The van der Waals surface area contributed by atoms with E-state index in [1.165, 1.54) is 22.2 Å². The van der Waals surface area contributed by atoms with Gasteiger partial charge in [0.05, 0.1) is 5.25 Å². The summed E-state index contributed by atoms with van der Waals surface area (Å²) in [6.45, 7) is 1.94. The van der Waals surface area contributed by atoms with Gasteiger partial charge < -0.3 is 4.90 Å². The number of aryl methyl sites for hydroxylation is 2. The minimum Gasteiger partial charge on any atom is -0.348 e. The van der Waals surface area contributed by atoms with Crippen LogP contribution in [0.4, 0.5) is 0 Å². The number of amides is 1. The van der Waals surface area contributed by atoms with Crippen LogP contribution in [0.25, 0.3) is 10.2 Å². The predicted molar refractivity (Wildman–Crippen MR) is 83.5 cm³/mol. The van der Waals surface area contributed by atoms with Crippen molar-refractivity contribution in [2.45, 2.75) is 36.5 Å². The van der Waals surface area contributed by atoms with Crippen LogP contribution in [0.3, 0.4) is 0 Å². The summed E-state index contributed by atoms with van der Waals surface area (Å²) < 4.78 is 0. The lowest BCUT2D eigenvalue weighted by Gasteiger charge is -2.16. The molecule has 0 radical (unpaired) electrons. The summed E-state index contributed by atoms with van der Waals surface area (Å²) in [5.41, 5.74) is 1.41. The summed E-state index contributed by atoms with van der Waals surface area (Å²) in [5, 5.41) is 2.02. The molecule has 2 aromatic rings. The van der Waals surface area contributed by atoms with Crippen molar-refractivity contribution in [3.63, 3.8) is 0 Å². The quantitative estimate of drug-likeness (QED) is 0.646. The zero-order chi connectivity index (χ0) is 14.3. The Morgan fingerprint density at radius 3 is 2.95 bits per heavy atom. The number of carbonyl (C=O) groups excluding carboxylic acids is 1. The molecular formula is C14H17N3OS2. The molecule has 1 amide bonds. The Hall–Kier alpha value is -1.14. The van der Waals surface area contributed by atoms with Crippen LogP contribution in [0.15, 0.2) is 11.4 Å². The molecule has 0 saturated carbocycles. The van der Waals surface area contributed by atoms with Crippen molar-refractivity contribution >= 4 is 39.2 Å². The number of hydrogen-bond donors (Lipinski definition) is 0. The third-order valence-corrected chi connectivity index (χ3v) is 5.83. The number of nitrogens with zero attached hydrogens (tertiary/aromatic N) is 3. The summed E-state index contributed by atoms with van der Waals surface area (Å²) in [6, 6.07) is 0. The first-order valence-electron chi connectivity index (χ1n) is 6.71. The van der Waals surface area contributed by atoms with Gasteiger partial charge in [-0.1, -0.05) is 11.8 Å². The van der Waals surface area contributed by atoms with Crippen LogP contribution < -0.4 is 0 Å². The van der Waals surface area contributed by atoms with E-state index in [2.05, 4.69) is 9.97 Å². The Balaban J connectivity index is 1.98. The van der Waals surface area contributed by atoms with Gasteiger partial charge in [-0.15, -0.1) is 11.3 Å². The highest BCUT2D eigenvalue weighted by molar-refractivity contribution is 8.00. The van der Waals surface area contributed by atoms with Crippen LogP contribution in [0, 0.1) is 0 Å². The lowest BCUT2D eigenvalue weighted by molar-refractivity contribution is -0.127. The number of fused-ring (bicyclic) bond motifs is 3. The van der Waals surface area contributed by atoms with E-state index in [-0.39, 0.29) is 11.2 Å². The lowest BCUT2D eigenvalue weighted by atomic mass is 10.2. The number of rotatable bonds is 3. The Labute approximate surface area is 126 Å². The maximum absolute atomic E-state index is 12.0. The standard InChI is InChI=1S/C14H17N3OS2/c1-8(14(18)17(2)3)19-12-11-9-5-4-6-10(9)20-13(11)16-7-15-12/h7-8H,4-6H2,1-3H3/t8-/m0/s1. The van der Waals surface area contributed by atoms with Gasteiger partial charge in [0.1, 0.15) is 16.2 Å². The van der Waals surface area contributed by atoms with Crippen LogP contribution in [-0.2, 0) is 17.6 Å². The predicted octanol–water partition coefficient (Wildman–Crippen LogP) is 2.75. The van der Waals surface area contributed by atoms with Crippen molar-refractivity contribution in [3.05, 3.63) is 16.8 Å². The zero-order valence-corrected chi connectivity index (χ0v) is 13.5. The molecule has 0 saturated heterocycles. The first-order chi connectivity index (χ1) is 9.58. The molecule has 2 aromatic heterocycles. The highest BCUT2D eigenvalue weighted by Crippen LogP contribution is 2.40. The Morgan fingerprint density at radius 1 is 1.40 bits per heavy atom. The number of hydrogen-bond acceptors (Lipinski definition) is 5. The summed E-state index contributed by atoms with van der Waals surface area (Å²) in [4.78, 5) is 25.0. The first kappa shape index (κ1) is 13.8. The van der Waals surface area contributed by atoms with Crippen LogP contribution in [0.5, 0.6) is 0 Å². The van der Waals surface area contributed by atoms with Crippen molar-refractivity contribution in [1.82, 2.24) is 14.9 Å². The molecule has 0 unspecified atom stereocenters. The fourth-order valence-corrected chi connectivity index (χ4v) is 4.96. The number of aromatic nitrogens is 2. The molecule has 0 fully saturated rings. The molecule has 0 N–H and O–H groups in total. The van der Waals surface area contributed by atoms with E-state index in [4.69, 9.17) is 0 Å². The molecule has 20 heavy (non-hydrogen) atoms. The van der Waals surface area contributed by atoms with Gasteiger partial charge in [0, 0.05) is 24.4 Å². The summed E-state index contributed by atoms with van der Waals surface area (Å²) >= 11 is 3.33. The van der Waals surface area contributed by atoms with Gasteiger partial charge in [-0.3, -0.25) is 4.79 Å². The summed E-state index contributed by atoms with van der Waals surface area (Å²) in [5.74, 6) is 0.119. The number of thiophene rings is 1. The lowest BCUT2D eigenvalue weighted by Crippen LogP contribution is -2.29. The van der Waals surface area contributed by atoms with E-state index in [1.54, 1.807) is 48.4 Å². The maximum Gasteiger partial charge on any atom is 0.235 e. The van der Waals surface area contributed by atoms with E-state index in [0.717, 1.165) is 22.7 Å². The fourth-order valence-electron chi connectivity index (χ4n) is 2.57. The Bertz CT molecular complexity index is 666. The molecule has 2 heterocycles. The molecule has 4 nitrogen and oxygen atoms in total. The van der Waals surface area contributed by atoms with E-state index in [1.807, 2.05) is 6.92 Å². The third-order valence-electron chi connectivity index (χ3n) is 3.54. The minimum absolute atomic E-state index is 0.119. The molecule has 1 atom stereocenters. The van der Waals surface area contributed by atoms with Gasteiger partial charge in [0.15, 0.2) is 0 Å². The molecule has 0 aliphatic heterocycles. The number of carbonyl (C=O) groups is 1. The van der Waals surface area contributed by atoms with Crippen LogP contribution in [0.1, 0.15) is 23.8 Å². The first-order valence-corrected chi connectivity index (χ1v) is 8.40. The van der Waals surface area contributed by atoms with Crippen molar-refractivity contribution in [3.8, 4) is 0 Å². The van der Waals surface area contributed by atoms with Gasteiger partial charge in [0.25, 0.3) is 0 Å². The van der Waals surface area contributed by atoms with Gasteiger partial charge in [0.2, 0.25) is 5.91 Å². The zero-order valence-electron chi connectivity index (χ0n) is 11.8. The van der Waals surface area contributed by atoms with Gasteiger partial charge in [-0.05, 0) is 31.7 Å². The normalized spacial score (nSPS) is 15.3. The molecule has 0 aromatic carbocycles. The third kappa shape index (κ3) is 2.31. The minimum atomic E-state index is -0.125. The molecule has 1 aliphatic rings. The van der Waals surface area contributed by atoms with Crippen molar-refractivity contribution in [2.24, 2.45) is 0 Å². The van der Waals surface area contributed by atoms with Crippen molar-refractivity contribution < 1.29 is 4.79 Å². The summed E-state index contributed by atoms with van der Waals surface area (Å²) in [7, 11) is 3.58. The Kier molecular flexibility index (Phi) is 3.69. The van der Waals surface area contributed by atoms with E-state index in [9.17, 15) is 4.79 Å². The largest absolute Gasteiger partial charge is 0.348 e. The molecule has 0 bridgehead atoms. The second-order valence-electron chi connectivity index (χ2n) is 5.21. The second-order valence-corrected chi connectivity index (χ2v) is 7.62. The molecule has 1 aliphatic carbocycles. The van der Waals surface area contributed by atoms with Crippen LogP contribution >= 0.6 is 23.1 Å². The highest BCUT2D eigenvalue weighted by Gasteiger charge is 2.24. The molecular weight excluding hydrogens is 290 g/mol. The van der Waals surface area contributed by atoms with E-state index in [0.29, 0.717) is 0 Å². The molecule has 0 spiro atoms. The van der Waals surface area contributed by atoms with Crippen molar-refractivity contribution in [1.29, 1.82) is 0 Å². The maximum atomic E-state index is 12.0. The van der Waals surface area contributed by atoms with Gasteiger partial charge in [-0.2, -0.15) is 0 Å². The van der Waals surface area contributed by atoms with Crippen LogP contribution in [0.2, 0.25) is 0 Å². The highest BCUT2D eigenvalue weighted by atomic mass is 32.2. The SMILES string of the molecule is C[C@H](Sc1ncnc2sc3c(c12)CCC3)C(=O)N(C)C. The van der Waals surface area contributed by atoms with Crippen LogP contribution in [-0.4, -0.2) is 40.1 Å². The average Bonchev–Trinajstić information content (AvgIpc) is 2.97. The van der Waals surface area contributed by atoms with E-state index < -0.39 is 0 Å². The second kappa shape index (κ2) is 5.33. The average molecular weight is 307 g/mol. The molecule has 3 rings (SSSR count). The topological polar surface area (TPSA) is 46.1 Å². The van der Waals surface area contributed by atoms with Gasteiger partial charge >= 0.3 is 0 Å². The number of thioether (sulfide) groups is 1. The molecule has 106 valence electrons. The monoisotopic (exact) mass is 307 g/mol. The van der Waals surface area contributed by atoms with Crippen molar-refractivity contribution in [2.75, 3.05) is 14.1 Å². The Morgan fingerprint density at radius 2 is 2.20 bits per heavy atom. The fraction of sp³-hybridized carbons (Fsp3) is 0.500. The molecule has 6 heteroatoms.